The molecule has 0 saturated carbocycles. The number of carbonyl (C=O) groups excluding carboxylic acids is 3. The van der Waals surface area contributed by atoms with Gasteiger partial charge in [0, 0.05) is 26.1 Å². The fourth-order valence-electron chi connectivity index (χ4n) is 2.70. The van der Waals surface area contributed by atoms with E-state index in [-0.39, 0.29) is 31.0 Å². The first kappa shape index (κ1) is 20.7. The Bertz CT molecular complexity index is 622. The van der Waals surface area contributed by atoms with Gasteiger partial charge in [0.1, 0.15) is 6.61 Å². The molecule has 0 radical (unpaired) electrons. The molecule has 1 fully saturated rings. The van der Waals surface area contributed by atoms with Crippen molar-refractivity contribution >= 4 is 18.0 Å². The van der Waals surface area contributed by atoms with Crippen LogP contribution in [0.3, 0.4) is 0 Å². The van der Waals surface area contributed by atoms with E-state index < -0.39 is 6.09 Å². The minimum absolute atomic E-state index is 0.0207. The Morgan fingerprint density at radius 3 is 2.78 bits per heavy atom. The molecular formula is C19H26N2O6. The topological polar surface area (TPSA) is 94.2 Å². The summed E-state index contributed by atoms with van der Waals surface area (Å²) in [4.78, 5) is 36.9. The van der Waals surface area contributed by atoms with E-state index in [1.54, 1.807) is 4.90 Å². The number of rotatable bonds is 8. The molecule has 1 atom stereocenters. The Hall–Kier alpha value is -2.61. The van der Waals surface area contributed by atoms with E-state index in [1.165, 1.54) is 7.11 Å². The van der Waals surface area contributed by atoms with Crippen LogP contribution in [-0.2, 0) is 30.4 Å². The molecule has 1 aromatic rings. The maximum atomic E-state index is 12.3. The van der Waals surface area contributed by atoms with Crippen molar-refractivity contribution in [2.24, 2.45) is 0 Å². The zero-order valence-electron chi connectivity index (χ0n) is 15.5. The monoisotopic (exact) mass is 378 g/mol. The third-order valence-electron chi connectivity index (χ3n) is 4.16. The SMILES string of the molecule is COC(=O)CC1CN(C(=O)CCCNC(=O)OCc2ccccc2)CCO1. The Labute approximate surface area is 158 Å². The van der Waals surface area contributed by atoms with Gasteiger partial charge in [-0.25, -0.2) is 4.79 Å². The summed E-state index contributed by atoms with van der Waals surface area (Å²) in [6.45, 7) is 1.84. The summed E-state index contributed by atoms with van der Waals surface area (Å²) in [6.07, 6.45) is 0.120. The van der Waals surface area contributed by atoms with E-state index in [0.29, 0.717) is 39.1 Å². The highest BCUT2D eigenvalue weighted by atomic mass is 16.5. The molecule has 1 N–H and O–H groups in total. The van der Waals surface area contributed by atoms with E-state index in [4.69, 9.17) is 9.47 Å². The van der Waals surface area contributed by atoms with Crippen LogP contribution >= 0.6 is 0 Å². The molecule has 1 aliphatic heterocycles. The van der Waals surface area contributed by atoms with Gasteiger partial charge in [0.05, 0.1) is 26.2 Å². The average Bonchev–Trinajstić information content (AvgIpc) is 2.70. The summed E-state index contributed by atoms with van der Waals surface area (Å²) >= 11 is 0. The van der Waals surface area contributed by atoms with Gasteiger partial charge < -0.3 is 24.4 Å². The zero-order valence-corrected chi connectivity index (χ0v) is 15.5. The molecule has 27 heavy (non-hydrogen) atoms. The van der Waals surface area contributed by atoms with Gasteiger partial charge >= 0.3 is 12.1 Å². The number of amides is 2. The van der Waals surface area contributed by atoms with Crippen molar-refractivity contribution < 1.29 is 28.6 Å². The van der Waals surface area contributed by atoms with Gasteiger partial charge in [0.15, 0.2) is 0 Å². The van der Waals surface area contributed by atoms with Gasteiger partial charge in [-0.15, -0.1) is 0 Å². The van der Waals surface area contributed by atoms with Crippen LogP contribution in [0.15, 0.2) is 30.3 Å². The number of esters is 1. The summed E-state index contributed by atoms with van der Waals surface area (Å²) in [5.74, 6) is -0.375. The van der Waals surface area contributed by atoms with Gasteiger partial charge in [-0.2, -0.15) is 0 Å². The van der Waals surface area contributed by atoms with Gasteiger partial charge in [-0.05, 0) is 12.0 Å². The molecule has 1 heterocycles. The number of carbonyl (C=O) groups is 3. The molecule has 2 rings (SSSR count). The third-order valence-corrected chi connectivity index (χ3v) is 4.16. The van der Waals surface area contributed by atoms with Crippen LogP contribution in [-0.4, -0.2) is 62.3 Å². The number of nitrogens with zero attached hydrogens (tertiary/aromatic N) is 1. The number of morpholine rings is 1. The number of hydrogen-bond acceptors (Lipinski definition) is 6. The van der Waals surface area contributed by atoms with Gasteiger partial charge in [-0.1, -0.05) is 30.3 Å². The van der Waals surface area contributed by atoms with E-state index in [1.807, 2.05) is 30.3 Å². The number of benzene rings is 1. The molecular weight excluding hydrogens is 352 g/mol. The van der Waals surface area contributed by atoms with Crippen molar-refractivity contribution in [2.75, 3.05) is 33.4 Å². The first-order chi connectivity index (χ1) is 13.1. The van der Waals surface area contributed by atoms with Crippen molar-refractivity contribution in [1.29, 1.82) is 0 Å². The predicted molar refractivity (Wildman–Crippen MR) is 96.8 cm³/mol. The summed E-state index contributed by atoms with van der Waals surface area (Å²) in [6, 6.07) is 9.41. The van der Waals surface area contributed by atoms with Crippen LogP contribution in [0.2, 0.25) is 0 Å². The number of methoxy groups -OCH3 is 1. The second-order valence-corrected chi connectivity index (χ2v) is 6.20. The van der Waals surface area contributed by atoms with Gasteiger partial charge in [0.2, 0.25) is 5.91 Å². The minimum atomic E-state index is -0.504. The lowest BCUT2D eigenvalue weighted by atomic mass is 10.2. The minimum Gasteiger partial charge on any atom is -0.469 e. The number of nitrogens with one attached hydrogen (secondary N) is 1. The highest BCUT2D eigenvalue weighted by Crippen LogP contribution is 2.11. The van der Waals surface area contributed by atoms with Crippen molar-refractivity contribution in [3.05, 3.63) is 35.9 Å². The summed E-state index contributed by atoms with van der Waals surface area (Å²) in [5, 5.41) is 2.64. The Morgan fingerprint density at radius 1 is 1.26 bits per heavy atom. The molecule has 0 aromatic heterocycles. The van der Waals surface area contributed by atoms with Crippen LogP contribution < -0.4 is 5.32 Å². The first-order valence-corrected chi connectivity index (χ1v) is 8.99. The normalized spacial score (nSPS) is 16.5. The van der Waals surface area contributed by atoms with Crippen LogP contribution in [0, 0.1) is 0 Å². The molecule has 0 bridgehead atoms. The Balaban J connectivity index is 1.59. The number of ether oxygens (including phenoxy) is 3. The summed E-state index contributed by atoms with van der Waals surface area (Å²) in [7, 11) is 1.33. The molecule has 8 nitrogen and oxygen atoms in total. The van der Waals surface area contributed by atoms with Gasteiger partial charge in [0.25, 0.3) is 0 Å². The lowest BCUT2D eigenvalue weighted by Crippen LogP contribution is -2.46. The van der Waals surface area contributed by atoms with Crippen LogP contribution in [0.1, 0.15) is 24.8 Å². The average molecular weight is 378 g/mol. The maximum Gasteiger partial charge on any atom is 0.407 e. The molecule has 1 aliphatic rings. The molecule has 1 saturated heterocycles. The van der Waals surface area contributed by atoms with Crippen molar-refractivity contribution in [1.82, 2.24) is 10.2 Å². The maximum absolute atomic E-state index is 12.3. The fourth-order valence-corrected chi connectivity index (χ4v) is 2.70. The third kappa shape index (κ3) is 7.65. The van der Waals surface area contributed by atoms with Crippen molar-refractivity contribution in [2.45, 2.75) is 32.0 Å². The zero-order chi connectivity index (χ0) is 19.5. The Kier molecular flexibility index (Phi) is 8.57. The second kappa shape index (κ2) is 11.2. The molecule has 2 amide bonds. The van der Waals surface area contributed by atoms with Crippen LogP contribution in [0.4, 0.5) is 4.79 Å². The first-order valence-electron chi connectivity index (χ1n) is 8.99. The van der Waals surface area contributed by atoms with E-state index in [0.717, 1.165) is 5.56 Å². The second-order valence-electron chi connectivity index (χ2n) is 6.20. The van der Waals surface area contributed by atoms with Crippen molar-refractivity contribution in [3.8, 4) is 0 Å². The largest absolute Gasteiger partial charge is 0.469 e. The number of alkyl carbamates (subject to hydrolysis) is 1. The highest BCUT2D eigenvalue weighted by Gasteiger charge is 2.25. The van der Waals surface area contributed by atoms with E-state index >= 15 is 0 Å². The molecule has 1 aromatic carbocycles. The van der Waals surface area contributed by atoms with Crippen molar-refractivity contribution in [3.63, 3.8) is 0 Å². The van der Waals surface area contributed by atoms with Crippen LogP contribution in [0.5, 0.6) is 0 Å². The smallest absolute Gasteiger partial charge is 0.407 e. The molecule has 1 unspecified atom stereocenters. The summed E-state index contributed by atoms with van der Waals surface area (Å²) < 4.78 is 15.2. The fraction of sp³-hybridized carbons (Fsp3) is 0.526. The number of hydrogen-bond donors (Lipinski definition) is 1. The predicted octanol–water partition coefficient (Wildman–Crippen LogP) is 1.48. The van der Waals surface area contributed by atoms with E-state index in [9.17, 15) is 14.4 Å². The lowest BCUT2D eigenvalue weighted by molar-refractivity contribution is -0.150. The molecule has 148 valence electrons. The molecule has 8 heteroatoms. The highest BCUT2D eigenvalue weighted by molar-refractivity contribution is 5.76. The molecule has 0 aliphatic carbocycles. The molecule has 0 spiro atoms. The summed E-state index contributed by atoms with van der Waals surface area (Å²) in [5.41, 5.74) is 0.914. The van der Waals surface area contributed by atoms with Crippen LogP contribution in [0.25, 0.3) is 0 Å². The van der Waals surface area contributed by atoms with E-state index in [2.05, 4.69) is 10.1 Å². The standard InChI is InChI=1S/C19H26N2O6/c1-25-18(23)12-16-13-21(10-11-26-16)17(22)8-5-9-20-19(24)27-14-15-6-3-2-4-7-15/h2-4,6-7,16H,5,8-14H2,1H3,(H,20,24). The lowest BCUT2D eigenvalue weighted by Gasteiger charge is -2.32. The Morgan fingerprint density at radius 2 is 2.04 bits per heavy atom. The van der Waals surface area contributed by atoms with Gasteiger partial charge in [-0.3, -0.25) is 9.59 Å². The quantitative estimate of drug-likeness (QED) is 0.544.